The van der Waals surface area contributed by atoms with Gasteiger partial charge in [-0.15, -0.1) is 0 Å². The van der Waals surface area contributed by atoms with Gasteiger partial charge in [0.2, 0.25) is 0 Å². The third-order valence-corrected chi connectivity index (χ3v) is 4.12. The maximum Gasteiger partial charge on any atom is 0.159 e. The molecule has 1 aromatic rings. The van der Waals surface area contributed by atoms with Crippen molar-refractivity contribution in [2.45, 2.75) is 25.4 Å². The minimum Gasteiger partial charge on any atom is -0.388 e. The zero-order valence-electron chi connectivity index (χ0n) is 8.87. The molecule has 1 aromatic carbocycles. The quantitative estimate of drug-likeness (QED) is 0.818. The van der Waals surface area contributed by atoms with E-state index in [0.717, 1.165) is 12.1 Å². The van der Waals surface area contributed by atoms with Crippen LogP contribution in [0.25, 0.3) is 0 Å². The Morgan fingerprint density at radius 2 is 1.81 bits per heavy atom. The number of benzene rings is 1. The van der Waals surface area contributed by atoms with Gasteiger partial charge in [-0.25, -0.2) is 8.78 Å². The molecule has 0 bridgehead atoms. The summed E-state index contributed by atoms with van der Waals surface area (Å²) in [5, 5.41) is 10.1. The monoisotopic (exact) mass is 224 g/mol. The lowest BCUT2D eigenvalue weighted by Crippen LogP contribution is -2.05. The number of halogens is 2. The smallest absolute Gasteiger partial charge is 0.159 e. The van der Waals surface area contributed by atoms with Crippen LogP contribution in [0.5, 0.6) is 0 Å². The molecule has 2 aliphatic rings. The Morgan fingerprint density at radius 1 is 1.12 bits per heavy atom. The van der Waals surface area contributed by atoms with Crippen molar-refractivity contribution >= 4 is 0 Å². The van der Waals surface area contributed by atoms with Gasteiger partial charge in [0.1, 0.15) is 0 Å². The topological polar surface area (TPSA) is 20.2 Å². The van der Waals surface area contributed by atoms with Crippen LogP contribution in [-0.2, 0) is 0 Å². The summed E-state index contributed by atoms with van der Waals surface area (Å²) < 4.78 is 25.8. The first kappa shape index (κ1) is 10.2. The van der Waals surface area contributed by atoms with Crippen molar-refractivity contribution in [1.29, 1.82) is 0 Å². The van der Waals surface area contributed by atoms with Crippen LogP contribution in [0.3, 0.4) is 0 Å². The van der Waals surface area contributed by atoms with Gasteiger partial charge in [-0.05, 0) is 48.3 Å². The predicted molar refractivity (Wildman–Crippen MR) is 55.6 cm³/mol. The molecule has 0 spiro atoms. The maximum atomic E-state index is 13.0. The number of fused-ring (bicyclic) bond motifs is 1. The maximum absolute atomic E-state index is 13.0. The molecule has 0 saturated heterocycles. The van der Waals surface area contributed by atoms with E-state index >= 15 is 0 Å². The average molecular weight is 224 g/mol. The average Bonchev–Trinajstić information content (AvgIpc) is 2.74. The van der Waals surface area contributed by atoms with E-state index in [-0.39, 0.29) is 5.92 Å². The van der Waals surface area contributed by atoms with Gasteiger partial charge in [0.05, 0.1) is 6.10 Å². The zero-order valence-corrected chi connectivity index (χ0v) is 8.87. The van der Waals surface area contributed by atoms with Gasteiger partial charge < -0.3 is 5.11 Å². The Kier molecular flexibility index (Phi) is 2.25. The van der Waals surface area contributed by atoms with Crippen molar-refractivity contribution in [3.05, 3.63) is 35.4 Å². The van der Waals surface area contributed by atoms with Gasteiger partial charge >= 0.3 is 0 Å². The van der Waals surface area contributed by atoms with Crippen molar-refractivity contribution in [3.63, 3.8) is 0 Å². The fourth-order valence-corrected chi connectivity index (χ4v) is 3.26. The molecule has 3 heteroatoms. The van der Waals surface area contributed by atoms with Gasteiger partial charge in [0.25, 0.3) is 0 Å². The Hall–Kier alpha value is -0.960. The van der Waals surface area contributed by atoms with E-state index in [1.165, 1.54) is 25.3 Å². The van der Waals surface area contributed by atoms with Gasteiger partial charge in [-0.1, -0.05) is 12.5 Å². The molecular weight excluding hydrogens is 210 g/mol. The molecule has 3 atom stereocenters. The first-order chi connectivity index (χ1) is 7.68. The van der Waals surface area contributed by atoms with E-state index < -0.39 is 17.7 Å². The molecule has 0 heterocycles. The van der Waals surface area contributed by atoms with Crippen LogP contribution in [0.15, 0.2) is 18.2 Å². The molecule has 2 aliphatic carbocycles. The number of hydrogen-bond acceptors (Lipinski definition) is 1. The van der Waals surface area contributed by atoms with Crippen LogP contribution in [0.2, 0.25) is 0 Å². The Morgan fingerprint density at radius 3 is 2.44 bits per heavy atom. The number of aliphatic hydroxyl groups excluding tert-OH is 1. The van der Waals surface area contributed by atoms with Gasteiger partial charge in [0, 0.05) is 0 Å². The minimum atomic E-state index is -0.873. The lowest BCUT2D eigenvalue weighted by molar-refractivity contribution is 0.136. The van der Waals surface area contributed by atoms with Crippen molar-refractivity contribution in [2.75, 3.05) is 0 Å². The second-order valence-corrected chi connectivity index (χ2v) is 4.95. The summed E-state index contributed by atoms with van der Waals surface area (Å²) in [5.41, 5.74) is 0.512. The van der Waals surface area contributed by atoms with Crippen LogP contribution >= 0.6 is 0 Å². The molecule has 2 saturated carbocycles. The molecule has 1 N–H and O–H groups in total. The van der Waals surface area contributed by atoms with Gasteiger partial charge in [-0.2, -0.15) is 0 Å². The van der Waals surface area contributed by atoms with Gasteiger partial charge in [-0.3, -0.25) is 0 Å². The first-order valence-electron chi connectivity index (χ1n) is 5.81. The van der Waals surface area contributed by atoms with Crippen LogP contribution < -0.4 is 0 Å². The molecule has 2 fully saturated rings. The summed E-state index contributed by atoms with van der Waals surface area (Å²) in [6.45, 7) is 0. The zero-order chi connectivity index (χ0) is 11.3. The van der Waals surface area contributed by atoms with Crippen molar-refractivity contribution in [1.82, 2.24) is 0 Å². The molecular formula is C13H14F2O. The number of aliphatic hydroxyl groups is 1. The SMILES string of the molecule is OC(c1ccc(F)c(F)c1)C1C2CCCC21. The molecule has 0 amide bonds. The van der Waals surface area contributed by atoms with Crippen LogP contribution in [0.1, 0.15) is 30.9 Å². The summed E-state index contributed by atoms with van der Waals surface area (Å²) in [7, 11) is 0. The molecule has 86 valence electrons. The lowest BCUT2D eigenvalue weighted by Gasteiger charge is -2.13. The second kappa shape index (κ2) is 3.52. The molecule has 3 rings (SSSR count). The van der Waals surface area contributed by atoms with E-state index in [0.29, 0.717) is 17.4 Å². The third kappa shape index (κ3) is 1.46. The van der Waals surface area contributed by atoms with Crippen molar-refractivity contribution in [2.24, 2.45) is 17.8 Å². The standard InChI is InChI=1S/C13H14F2O/c14-10-5-4-7(6-11(10)15)13(16)12-8-2-1-3-9(8)12/h4-6,8-9,12-13,16H,1-3H2. The minimum absolute atomic E-state index is 0.276. The lowest BCUT2D eigenvalue weighted by atomic mass is 9.99. The highest BCUT2D eigenvalue weighted by Gasteiger charge is 2.55. The fourth-order valence-electron chi connectivity index (χ4n) is 3.26. The largest absolute Gasteiger partial charge is 0.388 e. The summed E-state index contributed by atoms with van der Waals surface area (Å²) in [5.74, 6) is -0.223. The molecule has 0 radical (unpaired) electrons. The molecule has 1 nitrogen and oxygen atoms in total. The Bertz CT molecular complexity index is 408. The van der Waals surface area contributed by atoms with Crippen molar-refractivity contribution < 1.29 is 13.9 Å². The van der Waals surface area contributed by atoms with E-state index in [1.807, 2.05) is 0 Å². The molecule has 0 aromatic heterocycles. The molecule has 3 unspecified atom stereocenters. The Labute approximate surface area is 93.1 Å². The predicted octanol–water partition coefficient (Wildman–Crippen LogP) is 3.04. The summed E-state index contributed by atoms with van der Waals surface area (Å²) in [6.07, 6.45) is 2.98. The van der Waals surface area contributed by atoms with E-state index in [1.54, 1.807) is 0 Å². The normalized spacial score (nSPS) is 33.6. The highest BCUT2D eigenvalue weighted by molar-refractivity contribution is 5.23. The summed E-state index contributed by atoms with van der Waals surface area (Å²) >= 11 is 0. The van der Waals surface area contributed by atoms with Crippen LogP contribution in [0.4, 0.5) is 8.78 Å². The third-order valence-electron chi connectivity index (χ3n) is 4.12. The Balaban J connectivity index is 1.79. The van der Waals surface area contributed by atoms with Gasteiger partial charge in [0.15, 0.2) is 11.6 Å². The summed E-state index contributed by atoms with van der Waals surface area (Å²) in [4.78, 5) is 0. The van der Waals surface area contributed by atoms with E-state index in [9.17, 15) is 13.9 Å². The molecule has 16 heavy (non-hydrogen) atoms. The molecule has 0 aliphatic heterocycles. The number of rotatable bonds is 2. The highest BCUT2D eigenvalue weighted by Crippen LogP contribution is 2.62. The fraction of sp³-hybridized carbons (Fsp3) is 0.538. The van der Waals surface area contributed by atoms with Crippen LogP contribution in [-0.4, -0.2) is 5.11 Å². The van der Waals surface area contributed by atoms with E-state index in [4.69, 9.17) is 0 Å². The van der Waals surface area contributed by atoms with Crippen molar-refractivity contribution in [3.8, 4) is 0 Å². The van der Waals surface area contributed by atoms with E-state index in [2.05, 4.69) is 0 Å². The second-order valence-electron chi connectivity index (χ2n) is 4.95. The number of hydrogen-bond donors (Lipinski definition) is 1. The summed E-state index contributed by atoms with van der Waals surface area (Å²) in [6, 6.07) is 3.69. The first-order valence-corrected chi connectivity index (χ1v) is 5.81. The highest BCUT2D eigenvalue weighted by atomic mass is 19.2. The van der Waals surface area contributed by atoms with Crippen LogP contribution in [0, 0.1) is 29.4 Å².